The maximum absolute atomic E-state index is 9.69. The van der Waals surface area contributed by atoms with E-state index in [4.69, 9.17) is 11.6 Å². The zero-order chi connectivity index (χ0) is 13.0. The van der Waals surface area contributed by atoms with Crippen molar-refractivity contribution < 1.29 is 5.11 Å². The lowest BCUT2D eigenvalue weighted by Crippen LogP contribution is -2.30. The number of aliphatic hydroxyl groups is 1. The van der Waals surface area contributed by atoms with Crippen molar-refractivity contribution in [2.45, 2.75) is 46.9 Å². The van der Waals surface area contributed by atoms with E-state index in [1.165, 1.54) is 0 Å². The molecule has 2 N–H and O–H groups in total. The Kier molecular flexibility index (Phi) is 5.43. The van der Waals surface area contributed by atoms with Crippen LogP contribution < -0.4 is 5.32 Å². The van der Waals surface area contributed by atoms with Crippen molar-refractivity contribution in [3.05, 3.63) is 16.4 Å². The molecule has 0 aromatic carbocycles. The van der Waals surface area contributed by atoms with Gasteiger partial charge in [-0.15, -0.1) is 0 Å². The van der Waals surface area contributed by atoms with Gasteiger partial charge in [0.2, 0.25) is 0 Å². The van der Waals surface area contributed by atoms with Crippen LogP contribution in [0.3, 0.4) is 0 Å². The summed E-state index contributed by atoms with van der Waals surface area (Å²) in [6, 6.07) is 0. The Morgan fingerprint density at radius 2 is 2.12 bits per heavy atom. The highest BCUT2D eigenvalue weighted by molar-refractivity contribution is 6.31. The van der Waals surface area contributed by atoms with Gasteiger partial charge >= 0.3 is 0 Å². The molecular formula is C12H22ClN3O. The van der Waals surface area contributed by atoms with E-state index in [0.29, 0.717) is 13.1 Å². The van der Waals surface area contributed by atoms with E-state index in [1.54, 1.807) is 0 Å². The minimum absolute atomic E-state index is 0.260. The highest BCUT2D eigenvalue weighted by Crippen LogP contribution is 2.19. The average molecular weight is 260 g/mol. The molecule has 0 fully saturated rings. The molecule has 0 aliphatic heterocycles. The Hall–Kier alpha value is -0.580. The van der Waals surface area contributed by atoms with E-state index in [-0.39, 0.29) is 12.0 Å². The van der Waals surface area contributed by atoms with Crippen LogP contribution in [0.4, 0.5) is 0 Å². The van der Waals surface area contributed by atoms with Crippen molar-refractivity contribution in [3.8, 4) is 0 Å². The Labute approximate surface area is 108 Å². The molecule has 0 aliphatic rings. The highest BCUT2D eigenvalue weighted by Gasteiger charge is 2.13. The molecule has 0 saturated carbocycles. The van der Waals surface area contributed by atoms with E-state index in [1.807, 2.05) is 32.4 Å². The summed E-state index contributed by atoms with van der Waals surface area (Å²) in [7, 11) is 0. The van der Waals surface area contributed by atoms with Crippen LogP contribution >= 0.6 is 11.6 Å². The van der Waals surface area contributed by atoms with Gasteiger partial charge in [-0.1, -0.05) is 25.4 Å². The van der Waals surface area contributed by atoms with E-state index in [9.17, 15) is 5.11 Å². The minimum atomic E-state index is -0.326. The van der Waals surface area contributed by atoms with E-state index in [0.717, 1.165) is 23.0 Å². The fourth-order valence-corrected chi connectivity index (χ4v) is 1.81. The molecule has 0 saturated heterocycles. The van der Waals surface area contributed by atoms with E-state index < -0.39 is 0 Å². The van der Waals surface area contributed by atoms with Crippen molar-refractivity contribution in [3.63, 3.8) is 0 Å². The van der Waals surface area contributed by atoms with Crippen molar-refractivity contribution in [2.24, 2.45) is 5.92 Å². The summed E-state index contributed by atoms with van der Waals surface area (Å²) in [4.78, 5) is 0. The maximum Gasteiger partial charge on any atom is 0.0860 e. The summed E-state index contributed by atoms with van der Waals surface area (Å²) in [5.41, 5.74) is 1.84. The molecule has 5 heteroatoms. The summed E-state index contributed by atoms with van der Waals surface area (Å²) in [5.74, 6) is 0.260. The van der Waals surface area contributed by atoms with Crippen molar-refractivity contribution in [2.75, 3.05) is 6.54 Å². The first-order valence-electron chi connectivity index (χ1n) is 6.07. The third-order valence-electron chi connectivity index (χ3n) is 2.87. The second kappa shape index (κ2) is 6.38. The molecule has 1 unspecified atom stereocenters. The third-order valence-corrected chi connectivity index (χ3v) is 3.36. The number of hydrogen-bond donors (Lipinski definition) is 2. The van der Waals surface area contributed by atoms with Gasteiger partial charge in [0.05, 0.1) is 22.5 Å². The minimum Gasteiger partial charge on any atom is -0.392 e. The van der Waals surface area contributed by atoms with Crippen molar-refractivity contribution in [1.82, 2.24) is 15.1 Å². The van der Waals surface area contributed by atoms with Crippen LogP contribution in [0, 0.1) is 12.8 Å². The highest BCUT2D eigenvalue weighted by atomic mass is 35.5. The van der Waals surface area contributed by atoms with Gasteiger partial charge in [0, 0.05) is 19.6 Å². The van der Waals surface area contributed by atoms with Crippen LogP contribution in [0.1, 0.15) is 32.2 Å². The van der Waals surface area contributed by atoms with Gasteiger partial charge in [-0.05, 0) is 19.8 Å². The number of nitrogens with zero attached hydrogens (tertiary/aromatic N) is 2. The summed E-state index contributed by atoms with van der Waals surface area (Å²) in [6.45, 7) is 9.95. The molecule has 0 spiro atoms. The SMILES string of the molecule is CCn1nc(C)c(Cl)c1CNCC(O)C(C)C. The Balaban J connectivity index is 2.57. The smallest absolute Gasteiger partial charge is 0.0860 e. The summed E-state index contributed by atoms with van der Waals surface area (Å²) in [5, 5.41) is 18.0. The van der Waals surface area contributed by atoms with Crippen LogP contribution in [-0.4, -0.2) is 27.5 Å². The Morgan fingerprint density at radius 1 is 1.47 bits per heavy atom. The molecule has 0 radical (unpaired) electrons. The van der Waals surface area contributed by atoms with Gasteiger partial charge in [-0.3, -0.25) is 4.68 Å². The topological polar surface area (TPSA) is 50.1 Å². The van der Waals surface area contributed by atoms with E-state index in [2.05, 4.69) is 10.4 Å². The number of halogens is 1. The molecule has 0 bridgehead atoms. The number of nitrogens with one attached hydrogen (secondary N) is 1. The van der Waals surface area contributed by atoms with Crippen molar-refractivity contribution >= 4 is 11.6 Å². The third kappa shape index (κ3) is 3.69. The zero-order valence-electron chi connectivity index (χ0n) is 11.0. The predicted octanol–water partition coefficient (Wildman–Crippen LogP) is 1.97. The summed E-state index contributed by atoms with van der Waals surface area (Å²) < 4.78 is 1.90. The molecule has 0 amide bonds. The lowest BCUT2D eigenvalue weighted by Gasteiger charge is -2.15. The van der Waals surface area contributed by atoms with Gasteiger partial charge in [-0.25, -0.2) is 0 Å². The summed E-state index contributed by atoms with van der Waals surface area (Å²) >= 11 is 6.18. The van der Waals surface area contributed by atoms with Gasteiger partial charge in [0.25, 0.3) is 0 Å². The van der Waals surface area contributed by atoms with Gasteiger partial charge in [0.1, 0.15) is 0 Å². The molecule has 1 atom stereocenters. The first-order chi connectivity index (χ1) is 7.97. The maximum atomic E-state index is 9.69. The molecule has 1 aromatic heterocycles. The second-order valence-corrected chi connectivity index (χ2v) is 4.98. The van der Waals surface area contributed by atoms with Crippen LogP contribution in [0.5, 0.6) is 0 Å². The van der Waals surface area contributed by atoms with Gasteiger partial charge in [-0.2, -0.15) is 5.10 Å². The summed E-state index contributed by atoms with van der Waals surface area (Å²) in [6.07, 6.45) is -0.326. The Morgan fingerprint density at radius 3 is 2.65 bits per heavy atom. The lowest BCUT2D eigenvalue weighted by molar-refractivity contribution is 0.123. The molecule has 98 valence electrons. The van der Waals surface area contributed by atoms with E-state index >= 15 is 0 Å². The van der Waals surface area contributed by atoms with Crippen LogP contribution in [0.25, 0.3) is 0 Å². The first kappa shape index (κ1) is 14.5. The lowest BCUT2D eigenvalue weighted by atomic mass is 10.1. The molecule has 0 aliphatic carbocycles. The van der Waals surface area contributed by atoms with Gasteiger partial charge in [0.15, 0.2) is 0 Å². The predicted molar refractivity (Wildman–Crippen MR) is 70.2 cm³/mol. The number of hydrogen-bond acceptors (Lipinski definition) is 3. The fraction of sp³-hybridized carbons (Fsp3) is 0.750. The van der Waals surface area contributed by atoms with Crippen LogP contribution in [0.2, 0.25) is 5.02 Å². The normalized spacial score (nSPS) is 13.4. The quantitative estimate of drug-likeness (QED) is 0.821. The number of aliphatic hydroxyl groups excluding tert-OH is 1. The molecule has 1 heterocycles. The average Bonchev–Trinajstić information content (AvgIpc) is 2.56. The largest absolute Gasteiger partial charge is 0.392 e. The fourth-order valence-electron chi connectivity index (χ4n) is 1.61. The molecule has 17 heavy (non-hydrogen) atoms. The van der Waals surface area contributed by atoms with Crippen molar-refractivity contribution in [1.29, 1.82) is 0 Å². The number of rotatable bonds is 6. The Bertz CT molecular complexity index is 363. The number of aromatic nitrogens is 2. The molecule has 1 aromatic rings. The molecule has 1 rings (SSSR count). The standard InChI is InChI=1S/C12H22ClN3O/c1-5-16-10(12(13)9(4)15-16)6-14-7-11(17)8(2)3/h8,11,14,17H,5-7H2,1-4H3. The molecular weight excluding hydrogens is 238 g/mol. The monoisotopic (exact) mass is 259 g/mol. The second-order valence-electron chi connectivity index (χ2n) is 4.60. The van der Waals surface area contributed by atoms with Crippen LogP contribution in [0.15, 0.2) is 0 Å². The van der Waals surface area contributed by atoms with Crippen LogP contribution in [-0.2, 0) is 13.1 Å². The first-order valence-corrected chi connectivity index (χ1v) is 6.45. The number of aryl methyl sites for hydroxylation is 2. The molecule has 4 nitrogen and oxygen atoms in total. The van der Waals surface area contributed by atoms with Gasteiger partial charge < -0.3 is 10.4 Å². The zero-order valence-corrected chi connectivity index (χ0v) is 11.8.